The van der Waals surface area contributed by atoms with E-state index in [4.69, 9.17) is 4.74 Å². The molecule has 1 aromatic carbocycles. The lowest BCUT2D eigenvalue weighted by atomic mass is 9.73. The Kier molecular flexibility index (Phi) is 9.67. The highest BCUT2D eigenvalue weighted by molar-refractivity contribution is 6.02. The van der Waals surface area contributed by atoms with E-state index in [0.29, 0.717) is 30.0 Å². The van der Waals surface area contributed by atoms with Gasteiger partial charge in [-0.3, -0.25) is 14.4 Å². The van der Waals surface area contributed by atoms with Gasteiger partial charge in [0.15, 0.2) is 0 Å². The first kappa shape index (κ1) is 31.7. The Balaban J connectivity index is 1.38. The van der Waals surface area contributed by atoms with Crippen molar-refractivity contribution in [2.45, 2.75) is 103 Å². The van der Waals surface area contributed by atoms with E-state index in [0.717, 1.165) is 45.2 Å². The minimum Gasteiger partial charge on any atom is -0.359 e. The normalized spacial score (nSPS) is 33.0. The van der Waals surface area contributed by atoms with Crippen molar-refractivity contribution in [1.29, 1.82) is 0 Å². The van der Waals surface area contributed by atoms with Gasteiger partial charge in [-0.1, -0.05) is 78.2 Å². The lowest BCUT2D eigenvalue weighted by Crippen LogP contribution is -2.58. The van der Waals surface area contributed by atoms with Gasteiger partial charge < -0.3 is 25.2 Å². The van der Waals surface area contributed by atoms with Crippen LogP contribution >= 0.6 is 0 Å². The predicted molar refractivity (Wildman–Crippen MR) is 170 cm³/mol. The maximum atomic E-state index is 14.3. The standard InChI is InChI=1S/C35H52N4O4/c1-7-8-19-38(6)20-10-21-39-31(33(41)37-27-12-9-11-23(4)24(27)5)35-18-17-28(43-35)29(30(35)34(39)42)32(40)36-26-15-13-25(14-16-26)22(2)3/h13-18,22-24,27-31H,7-12,19-21H2,1-6H3,(H,36,40)(H,37,41). The van der Waals surface area contributed by atoms with Crippen molar-refractivity contribution in [2.75, 3.05) is 32.0 Å². The van der Waals surface area contributed by atoms with E-state index in [-0.39, 0.29) is 23.8 Å². The van der Waals surface area contributed by atoms with Crippen molar-refractivity contribution in [3.63, 3.8) is 0 Å². The molecule has 0 radical (unpaired) electrons. The number of anilines is 1. The van der Waals surface area contributed by atoms with Crippen LogP contribution in [0.5, 0.6) is 0 Å². The first-order chi connectivity index (χ1) is 20.6. The average Bonchev–Trinajstić information content (AvgIpc) is 3.62. The Bertz CT molecular complexity index is 1200. The van der Waals surface area contributed by atoms with Crippen LogP contribution in [0.3, 0.4) is 0 Å². The molecule has 4 aliphatic rings. The van der Waals surface area contributed by atoms with Crippen molar-refractivity contribution in [1.82, 2.24) is 15.1 Å². The molecule has 2 saturated heterocycles. The number of benzene rings is 1. The number of rotatable bonds is 12. The molecule has 236 valence electrons. The maximum Gasteiger partial charge on any atom is 0.246 e. The second-order valence-corrected chi connectivity index (χ2v) is 13.9. The fourth-order valence-corrected chi connectivity index (χ4v) is 7.78. The van der Waals surface area contributed by atoms with Crippen LogP contribution in [0.2, 0.25) is 0 Å². The maximum absolute atomic E-state index is 14.3. The summed E-state index contributed by atoms with van der Waals surface area (Å²) in [5.74, 6) is -0.670. The van der Waals surface area contributed by atoms with Crippen LogP contribution in [0.1, 0.15) is 84.6 Å². The van der Waals surface area contributed by atoms with Gasteiger partial charge in [-0.2, -0.15) is 0 Å². The van der Waals surface area contributed by atoms with Crippen LogP contribution in [0, 0.1) is 23.7 Å². The third-order valence-electron chi connectivity index (χ3n) is 10.6. The summed E-state index contributed by atoms with van der Waals surface area (Å²) in [5.41, 5.74) is 0.760. The molecule has 8 heteroatoms. The van der Waals surface area contributed by atoms with Crippen molar-refractivity contribution in [3.8, 4) is 0 Å². The van der Waals surface area contributed by atoms with Gasteiger partial charge in [-0.15, -0.1) is 0 Å². The molecule has 2 bridgehead atoms. The van der Waals surface area contributed by atoms with E-state index in [1.54, 1.807) is 4.90 Å². The van der Waals surface area contributed by atoms with Crippen molar-refractivity contribution in [3.05, 3.63) is 42.0 Å². The fraction of sp³-hybridized carbons (Fsp3) is 0.686. The van der Waals surface area contributed by atoms with Crippen LogP contribution in [0.25, 0.3) is 0 Å². The lowest BCUT2D eigenvalue weighted by molar-refractivity contribution is -0.141. The quantitative estimate of drug-likeness (QED) is 0.335. The molecule has 43 heavy (non-hydrogen) atoms. The largest absolute Gasteiger partial charge is 0.359 e. The number of nitrogens with zero attached hydrogens (tertiary/aromatic N) is 2. The van der Waals surface area contributed by atoms with E-state index in [1.165, 1.54) is 12.0 Å². The highest BCUT2D eigenvalue weighted by Crippen LogP contribution is 2.55. The zero-order chi connectivity index (χ0) is 30.9. The monoisotopic (exact) mass is 592 g/mol. The molecule has 1 saturated carbocycles. The molecule has 3 amide bonds. The summed E-state index contributed by atoms with van der Waals surface area (Å²) in [6.45, 7) is 13.2. The van der Waals surface area contributed by atoms with Gasteiger partial charge in [0.25, 0.3) is 0 Å². The van der Waals surface area contributed by atoms with Gasteiger partial charge in [-0.25, -0.2) is 0 Å². The Morgan fingerprint density at radius 3 is 2.51 bits per heavy atom. The summed E-state index contributed by atoms with van der Waals surface area (Å²) >= 11 is 0. The molecular weight excluding hydrogens is 540 g/mol. The molecule has 0 aromatic heterocycles. The summed E-state index contributed by atoms with van der Waals surface area (Å²) in [4.78, 5) is 46.3. The van der Waals surface area contributed by atoms with Crippen LogP contribution < -0.4 is 10.6 Å². The van der Waals surface area contributed by atoms with Gasteiger partial charge in [-0.05, 0) is 74.8 Å². The van der Waals surface area contributed by atoms with Gasteiger partial charge in [0.2, 0.25) is 17.7 Å². The van der Waals surface area contributed by atoms with E-state index in [2.05, 4.69) is 57.2 Å². The third kappa shape index (κ3) is 6.15. The van der Waals surface area contributed by atoms with E-state index in [1.807, 2.05) is 36.4 Å². The summed E-state index contributed by atoms with van der Waals surface area (Å²) in [5, 5.41) is 6.40. The smallest absolute Gasteiger partial charge is 0.246 e. The lowest BCUT2D eigenvalue weighted by Gasteiger charge is -2.38. The third-order valence-corrected chi connectivity index (χ3v) is 10.6. The molecule has 8 unspecified atom stereocenters. The van der Waals surface area contributed by atoms with Crippen molar-refractivity contribution in [2.24, 2.45) is 23.7 Å². The number of hydrogen-bond donors (Lipinski definition) is 2. The molecule has 3 aliphatic heterocycles. The topological polar surface area (TPSA) is 91.0 Å². The molecule has 1 aromatic rings. The number of likely N-dealkylation sites (tertiary alicyclic amines) is 1. The number of carbonyl (C=O) groups is 3. The molecule has 3 fully saturated rings. The van der Waals surface area contributed by atoms with Crippen LogP contribution in [0.15, 0.2) is 36.4 Å². The minimum absolute atomic E-state index is 0.0688. The zero-order valence-electron chi connectivity index (χ0n) is 27.0. The van der Waals surface area contributed by atoms with Crippen LogP contribution in [-0.4, -0.2) is 78.0 Å². The van der Waals surface area contributed by atoms with Gasteiger partial charge in [0, 0.05) is 18.3 Å². The fourth-order valence-electron chi connectivity index (χ4n) is 7.78. The average molecular weight is 593 g/mol. The summed E-state index contributed by atoms with van der Waals surface area (Å²) in [6.07, 6.45) is 9.48. The van der Waals surface area contributed by atoms with E-state index < -0.39 is 29.6 Å². The van der Waals surface area contributed by atoms with Crippen molar-refractivity contribution >= 4 is 23.4 Å². The SMILES string of the molecule is CCCCN(C)CCCN1C(=O)C2C(C(=O)Nc3ccc(C(C)C)cc3)C3C=CC2(O3)C1C(=O)NC1CCCC(C)C1C. The molecule has 1 aliphatic carbocycles. The number of fused-ring (bicyclic) bond motifs is 1. The highest BCUT2D eigenvalue weighted by Gasteiger charge is 2.72. The Labute approximate surface area is 258 Å². The van der Waals surface area contributed by atoms with E-state index >= 15 is 0 Å². The van der Waals surface area contributed by atoms with Gasteiger partial charge in [0.1, 0.15) is 11.6 Å². The number of nitrogens with one attached hydrogen (secondary N) is 2. The number of carbonyl (C=O) groups excluding carboxylic acids is 3. The number of ether oxygens (including phenoxy) is 1. The molecule has 1 spiro atoms. The predicted octanol–water partition coefficient (Wildman–Crippen LogP) is 4.96. The van der Waals surface area contributed by atoms with Crippen LogP contribution in [0.4, 0.5) is 5.69 Å². The Hall–Kier alpha value is -2.71. The molecule has 8 atom stereocenters. The zero-order valence-corrected chi connectivity index (χ0v) is 27.0. The molecule has 2 N–H and O–H groups in total. The molecule has 5 rings (SSSR count). The second-order valence-electron chi connectivity index (χ2n) is 13.9. The first-order valence-corrected chi connectivity index (χ1v) is 16.6. The molecular formula is C35H52N4O4. The molecule has 8 nitrogen and oxygen atoms in total. The minimum atomic E-state index is -1.13. The number of amides is 3. The Morgan fingerprint density at radius 2 is 1.81 bits per heavy atom. The second kappa shape index (κ2) is 13.1. The summed E-state index contributed by atoms with van der Waals surface area (Å²) in [6, 6.07) is 7.14. The van der Waals surface area contributed by atoms with Gasteiger partial charge >= 0.3 is 0 Å². The van der Waals surface area contributed by atoms with Gasteiger partial charge in [0.05, 0.1) is 17.9 Å². The van der Waals surface area contributed by atoms with Crippen LogP contribution in [-0.2, 0) is 19.1 Å². The number of unbranched alkanes of at least 4 members (excludes halogenated alkanes) is 1. The first-order valence-electron chi connectivity index (χ1n) is 16.6. The molecule has 3 heterocycles. The van der Waals surface area contributed by atoms with E-state index in [9.17, 15) is 14.4 Å². The highest BCUT2D eigenvalue weighted by atomic mass is 16.5. The summed E-state index contributed by atoms with van der Waals surface area (Å²) < 4.78 is 6.55. The van der Waals surface area contributed by atoms with Crippen molar-refractivity contribution < 1.29 is 19.1 Å². The number of hydrogen-bond acceptors (Lipinski definition) is 5. The Morgan fingerprint density at radius 1 is 1.09 bits per heavy atom. The summed E-state index contributed by atoms with van der Waals surface area (Å²) in [7, 11) is 2.10.